The summed E-state index contributed by atoms with van der Waals surface area (Å²) in [6.07, 6.45) is 0. The van der Waals surface area contributed by atoms with Gasteiger partial charge in [0.15, 0.2) is 0 Å². The number of thioether (sulfide) groups is 1. The number of esters is 2. The summed E-state index contributed by atoms with van der Waals surface area (Å²) < 4.78 is 9.47. The Kier molecular flexibility index (Phi) is 6.57. The van der Waals surface area contributed by atoms with Crippen LogP contribution in [-0.4, -0.2) is 57.7 Å². The fourth-order valence-corrected chi connectivity index (χ4v) is 5.24. The van der Waals surface area contributed by atoms with Gasteiger partial charge in [0.25, 0.3) is 0 Å². The van der Waals surface area contributed by atoms with Gasteiger partial charge in [-0.25, -0.2) is 4.79 Å². The number of nitrogens with one attached hydrogen (secondary N) is 1. The first kappa shape index (κ1) is 24.1. The van der Waals surface area contributed by atoms with E-state index in [0.717, 1.165) is 0 Å². The smallest absolute Gasteiger partial charge is 0.333 e. The summed E-state index contributed by atoms with van der Waals surface area (Å²) >= 11 is 1.40. The number of β-lactam (4-membered cyclic amide) rings is 1. The molecule has 2 aliphatic heterocycles. The number of carbonyl (C=O) groups excluding carboxylic acids is 4. The molecule has 10 heteroatoms. The topological polar surface area (TPSA) is 128 Å². The van der Waals surface area contributed by atoms with Crippen molar-refractivity contribution in [1.29, 1.82) is 0 Å². The molecule has 0 spiro atoms. The Hall–Kier alpha value is -2.59. The van der Waals surface area contributed by atoms with Crippen LogP contribution in [0.5, 0.6) is 0 Å². The second kappa shape index (κ2) is 8.74. The lowest BCUT2D eigenvalue weighted by Gasteiger charge is -2.44. The molecule has 0 radical (unpaired) electrons. The summed E-state index contributed by atoms with van der Waals surface area (Å²) in [5.41, 5.74) is 5.94. The molecule has 1 aromatic carbocycles. The second-order valence-electron chi connectivity index (χ2n) is 9.40. The maximum Gasteiger partial charge on any atom is 0.333 e. The maximum atomic E-state index is 12.8. The number of amides is 2. The molecule has 0 aromatic heterocycles. The third kappa shape index (κ3) is 4.61. The molecule has 174 valence electrons. The summed E-state index contributed by atoms with van der Waals surface area (Å²) in [5, 5.41) is 2.29. The van der Waals surface area contributed by atoms with E-state index in [-0.39, 0.29) is 5.91 Å². The van der Waals surface area contributed by atoms with E-state index < -0.39 is 58.3 Å². The van der Waals surface area contributed by atoms with Crippen LogP contribution in [0.1, 0.15) is 46.2 Å². The summed E-state index contributed by atoms with van der Waals surface area (Å²) in [6, 6.07) is 6.31. The Balaban J connectivity index is 1.61. The number of fused-ring (bicyclic) bond motifs is 1. The highest BCUT2D eigenvalue weighted by atomic mass is 32.2. The zero-order valence-corrected chi connectivity index (χ0v) is 19.6. The fourth-order valence-electron chi connectivity index (χ4n) is 3.62. The van der Waals surface area contributed by atoms with Gasteiger partial charge in [0.1, 0.15) is 23.5 Å². The van der Waals surface area contributed by atoms with Crippen LogP contribution in [0.2, 0.25) is 0 Å². The Labute approximate surface area is 191 Å². The molecular formula is C22H29N3O6S. The van der Waals surface area contributed by atoms with Crippen LogP contribution >= 0.6 is 11.8 Å². The SMILES string of the molecule is CC(C)(C)C(=O)OCOC(=O)[C@@H]1N2C(=O)[C@@H](NC(=O)[C@H](N)c3ccccc3)[C@@H]2SC1(C)C. The quantitative estimate of drug-likeness (QED) is 0.367. The summed E-state index contributed by atoms with van der Waals surface area (Å²) in [6.45, 7) is 8.20. The van der Waals surface area contributed by atoms with E-state index in [2.05, 4.69) is 5.32 Å². The first-order valence-electron chi connectivity index (χ1n) is 10.3. The molecule has 2 fully saturated rings. The summed E-state index contributed by atoms with van der Waals surface area (Å²) in [7, 11) is 0. The highest BCUT2D eigenvalue weighted by Crippen LogP contribution is 2.51. The Morgan fingerprint density at radius 2 is 1.81 bits per heavy atom. The lowest BCUT2D eigenvalue weighted by Crippen LogP contribution is -2.71. The van der Waals surface area contributed by atoms with E-state index in [1.54, 1.807) is 45.0 Å². The molecule has 2 saturated heterocycles. The van der Waals surface area contributed by atoms with Crippen LogP contribution in [0, 0.1) is 5.41 Å². The molecule has 1 aromatic rings. The van der Waals surface area contributed by atoms with Crippen molar-refractivity contribution in [3.63, 3.8) is 0 Å². The number of rotatable bonds is 6. The first-order chi connectivity index (χ1) is 14.8. The van der Waals surface area contributed by atoms with Crippen LogP contribution in [0.25, 0.3) is 0 Å². The highest BCUT2D eigenvalue weighted by molar-refractivity contribution is 8.01. The van der Waals surface area contributed by atoms with Gasteiger partial charge >= 0.3 is 11.9 Å². The van der Waals surface area contributed by atoms with Crippen LogP contribution in [0.3, 0.4) is 0 Å². The van der Waals surface area contributed by atoms with Gasteiger partial charge in [-0.15, -0.1) is 11.8 Å². The van der Waals surface area contributed by atoms with Gasteiger partial charge in [0, 0.05) is 4.75 Å². The second-order valence-corrected chi connectivity index (χ2v) is 11.2. The predicted octanol–water partition coefficient (Wildman–Crippen LogP) is 1.32. The molecule has 0 aliphatic carbocycles. The van der Waals surface area contributed by atoms with E-state index in [0.29, 0.717) is 5.56 Å². The van der Waals surface area contributed by atoms with Gasteiger partial charge in [-0.2, -0.15) is 0 Å². The maximum absolute atomic E-state index is 12.8. The van der Waals surface area contributed by atoms with Crippen molar-refractivity contribution < 1.29 is 28.7 Å². The minimum absolute atomic E-state index is 0.379. The van der Waals surface area contributed by atoms with Crippen molar-refractivity contribution in [3.05, 3.63) is 35.9 Å². The summed E-state index contributed by atoms with van der Waals surface area (Å²) in [4.78, 5) is 51.4. The van der Waals surface area contributed by atoms with E-state index in [4.69, 9.17) is 15.2 Å². The van der Waals surface area contributed by atoms with Crippen molar-refractivity contribution in [3.8, 4) is 0 Å². The van der Waals surface area contributed by atoms with Gasteiger partial charge in [-0.05, 0) is 40.2 Å². The van der Waals surface area contributed by atoms with Crippen LogP contribution in [0.4, 0.5) is 0 Å². The summed E-state index contributed by atoms with van der Waals surface area (Å²) in [5.74, 6) is -2.00. The molecule has 0 saturated carbocycles. The van der Waals surface area contributed by atoms with E-state index in [1.807, 2.05) is 19.9 Å². The molecule has 32 heavy (non-hydrogen) atoms. The number of ether oxygens (including phenoxy) is 2. The van der Waals surface area contributed by atoms with Crippen LogP contribution < -0.4 is 11.1 Å². The third-order valence-corrected chi connectivity index (χ3v) is 6.98. The third-order valence-electron chi connectivity index (χ3n) is 5.41. The Bertz CT molecular complexity index is 914. The monoisotopic (exact) mass is 463 g/mol. The Morgan fingerprint density at radius 3 is 2.41 bits per heavy atom. The van der Waals surface area contributed by atoms with E-state index >= 15 is 0 Å². The van der Waals surface area contributed by atoms with Crippen molar-refractivity contribution in [2.75, 3.05) is 6.79 Å². The zero-order chi connectivity index (χ0) is 23.8. The van der Waals surface area contributed by atoms with E-state index in [9.17, 15) is 19.2 Å². The molecule has 3 rings (SSSR count). The zero-order valence-electron chi connectivity index (χ0n) is 18.8. The molecule has 2 aliphatic rings. The first-order valence-corrected chi connectivity index (χ1v) is 11.2. The number of nitrogens with two attached hydrogens (primary N) is 1. The lowest BCUT2D eigenvalue weighted by molar-refractivity contribution is -0.180. The van der Waals surface area contributed by atoms with Crippen molar-refractivity contribution >= 4 is 35.5 Å². The van der Waals surface area contributed by atoms with Crippen molar-refractivity contribution in [1.82, 2.24) is 10.2 Å². The fraction of sp³-hybridized carbons (Fsp3) is 0.545. The van der Waals surface area contributed by atoms with Crippen LogP contribution in [-0.2, 0) is 28.7 Å². The number of hydrogen-bond acceptors (Lipinski definition) is 8. The van der Waals surface area contributed by atoms with Crippen molar-refractivity contribution in [2.45, 2.75) is 62.9 Å². The molecule has 9 nitrogen and oxygen atoms in total. The molecule has 3 N–H and O–H groups in total. The average Bonchev–Trinajstić information content (AvgIpc) is 2.98. The molecule has 2 heterocycles. The van der Waals surface area contributed by atoms with Gasteiger partial charge in [-0.1, -0.05) is 30.3 Å². The van der Waals surface area contributed by atoms with Gasteiger partial charge in [-0.3, -0.25) is 14.4 Å². The van der Waals surface area contributed by atoms with Gasteiger partial charge < -0.3 is 25.4 Å². The number of carbonyl (C=O) groups is 4. The molecule has 2 amide bonds. The van der Waals surface area contributed by atoms with E-state index in [1.165, 1.54) is 16.7 Å². The van der Waals surface area contributed by atoms with Crippen LogP contribution in [0.15, 0.2) is 30.3 Å². The average molecular weight is 464 g/mol. The predicted molar refractivity (Wildman–Crippen MR) is 118 cm³/mol. The lowest BCUT2D eigenvalue weighted by atomic mass is 9.95. The number of benzene rings is 1. The minimum Gasteiger partial charge on any atom is -0.427 e. The molecule has 4 atom stereocenters. The molecule has 0 unspecified atom stereocenters. The highest BCUT2D eigenvalue weighted by Gasteiger charge is 2.64. The standard InChI is InChI=1S/C22H29N3O6S/c1-21(2,3)20(29)31-11-30-19(28)15-22(4,5)32-18-14(17(27)25(15)18)24-16(26)13(23)12-9-7-6-8-10-12/h6-10,13-15,18H,11,23H2,1-5H3,(H,24,26)/t13-,14-,15+,18+/m1/s1. The number of hydrogen-bond donors (Lipinski definition) is 2. The van der Waals surface area contributed by atoms with Crippen molar-refractivity contribution in [2.24, 2.45) is 11.1 Å². The van der Waals surface area contributed by atoms with Gasteiger partial charge in [0.2, 0.25) is 18.6 Å². The minimum atomic E-state index is -0.907. The molecular weight excluding hydrogens is 434 g/mol. The normalized spacial score (nSPS) is 24.8. The Morgan fingerprint density at radius 1 is 1.19 bits per heavy atom. The largest absolute Gasteiger partial charge is 0.427 e. The van der Waals surface area contributed by atoms with Gasteiger partial charge in [0.05, 0.1) is 5.41 Å². The number of nitrogens with zero attached hydrogens (tertiary/aromatic N) is 1. The molecule has 0 bridgehead atoms.